The van der Waals surface area contributed by atoms with Crippen LogP contribution >= 0.6 is 7.14 Å². The van der Waals surface area contributed by atoms with E-state index in [-0.39, 0.29) is 12.5 Å². The average Bonchev–Trinajstić information content (AvgIpc) is 2.75. The largest absolute Gasteiger partial charge is 0.313 e. The normalized spacial score (nSPS) is 16.5. The van der Waals surface area contributed by atoms with Gasteiger partial charge in [-0.05, 0) is 11.6 Å². The van der Waals surface area contributed by atoms with E-state index < -0.39 is 12.8 Å². The van der Waals surface area contributed by atoms with Crippen LogP contribution in [0.2, 0.25) is 0 Å². The topological polar surface area (TPSA) is 61.2 Å². The standard InChI is InChI=1S/C22H17N2O2P/c23-16-24-15-21(19-13-7-8-14-20(19)22(24)25)27(26,17-9-3-1-4-10-17)18-11-5-2-6-12-18/h1-14,21H,15H2/t21-/m1/s1. The molecule has 0 saturated carbocycles. The molecule has 3 aromatic carbocycles. The molecule has 0 unspecified atom stereocenters. The van der Waals surface area contributed by atoms with Crippen molar-refractivity contribution in [2.75, 3.05) is 6.54 Å². The maximum atomic E-state index is 14.7. The Bertz CT molecular complexity index is 1030. The van der Waals surface area contributed by atoms with Gasteiger partial charge in [0.25, 0.3) is 5.91 Å². The maximum absolute atomic E-state index is 14.7. The number of carbonyl (C=O) groups is 1. The van der Waals surface area contributed by atoms with E-state index in [0.717, 1.165) is 21.1 Å². The summed E-state index contributed by atoms with van der Waals surface area (Å²) < 4.78 is 14.7. The molecule has 0 bridgehead atoms. The molecular formula is C22H17N2O2P. The fraction of sp³-hybridized carbons (Fsp3) is 0.0909. The van der Waals surface area contributed by atoms with Gasteiger partial charge in [-0.2, -0.15) is 5.26 Å². The van der Waals surface area contributed by atoms with Gasteiger partial charge < -0.3 is 4.57 Å². The number of hydrogen-bond donors (Lipinski definition) is 0. The molecule has 0 radical (unpaired) electrons. The Morgan fingerprint density at radius 3 is 1.93 bits per heavy atom. The first-order chi connectivity index (χ1) is 13.2. The molecule has 0 aliphatic carbocycles. The molecule has 0 fully saturated rings. The van der Waals surface area contributed by atoms with Crippen molar-refractivity contribution >= 4 is 23.7 Å². The molecule has 5 heteroatoms. The van der Waals surface area contributed by atoms with E-state index in [1.54, 1.807) is 12.1 Å². The van der Waals surface area contributed by atoms with E-state index in [4.69, 9.17) is 0 Å². The highest BCUT2D eigenvalue weighted by Crippen LogP contribution is 2.59. The number of nitriles is 1. The van der Waals surface area contributed by atoms with Gasteiger partial charge in [0.1, 0.15) is 0 Å². The molecule has 1 aliphatic rings. The van der Waals surface area contributed by atoms with Gasteiger partial charge in [0.15, 0.2) is 13.3 Å². The number of amides is 1. The van der Waals surface area contributed by atoms with Crippen molar-refractivity contribution in [3.63, 3.8) is 0 Å². The smallest absolute Gasteiger partial charge is 0.267 e. The predicted molar refractivity (Wildman–Crippen MR) is 106 cm³/mol. The molecule has 0 saturated heterocycles. The van der Waals surface area contributed by atoms with Crippen LogP contribution in [-0.2, 0) is 4.57 Å². The monoisotopic (exact) mass is 372 g/mol. The second kappa shape index (κ2) is 6.87. The SMILES string of the molecule is N#CN1C[C@@H](P(=O)(c2ccccc2)c2ccccc2)c2ccccc2C1=O. The molecule has 1 atom stereocenters. The van der Waals surface area contributed by atoms with Gasteiger partial charge in [-0.25, -0.2) is 4.90 Å². The van der Waals surface area contributed by atoms with E-state index in [0.29, 0.717) is 5.56 Å². The number of rotatable bonds is 3. The number of carbonyl (C=O) groups excluding carboxylic acids is 1. The van der Waals surface area contributed by atoms with Crippen molar-refractivity contribution in [3.05, 3.63) is 96.1 Å². The first-order valence-electron chi connectivity index (χ1n) is 8.67. The summed E-state index contributed by atoms with van der Waals surface area (Å²) in [6.45, 7) is 0.105. The lowest BCUT2D eigenvalue weighted by molar-refractivity contribution is 0.0817. The first kappa shape index (κ1) is 17.3. The summed E-state index contributed by atoms with van der Waals surface area (Å²) in [7, 11) is -3.15. The van der Waals surface area contributed by atoms with Crippen molar-refractivity contribution in [1.82, 2.24) is 4.90 Å². The third kappa shape index (κ3) is 2.77. The van der Waals surface area contributed by atoms with Gasteiger partial charge in [0.2, 0.25) is 0 Å². The van der Waals surface area contributed by atoms with Gasteiger partial charge in [0, 0.05) is 16.2 Å². The minimum absolute atomic E-state index is 0.105. The molecule has 3 aromatic rings. The van der Waals surface area contributed by atoms with E-state index >= 15 is 0 Å². The Hall–Kier alpha value is -3.15. The maximum Gasteiger partial charge on any atom is 0.267 e. The van der Waals surface area contributed by atoms with Crippen LogP contribution in [0.3, 0.4) is 0 Å². The molecule has 4 nitrogen and oxygen atoms in total. The second-order valence-electron chi connectivity index (χ2n) is 6.45. The Labute approximate surface area is 158 Å². The summed E-state index contributed by atoms with van der Waals surface area (Å²) in [5.74, 6) is -0.336. The molecule has 0 aromatic heterocycles. The van der Waals surface area contributed by atoms with Crippen LogP contribution in [0, 0.1) is 11.5 Å². The number of nitrogens with zero attached hydrogens (tertiary/aromatic N) is 2. The van der Waals surface area contributed by atoms with Crippen LogP contribution in [0.4, 0.5) is 0 Å². The van der Waals surface area contributed by atoms with Crippen molar-refractivity contribution < 1.29 is 9.36 Å². The lowest BCUT2D eigenvalue weighted by Crippen LogP contribution is -2.39. The molecule has 132 valence electrons. The number of fused-ring (bicyclic) bond motifs is 1. The molecular weight excluding hydrogens is 355 g/mol. The van der Waals surface area contributed by atoms with Gasteiger partial charge in [0.05, 0.1) is 12.2 Å². The third-order valence-corrected chi connectivity index (χ3v) is 8.44. The summed E-state index contributed by atoms with van der Waals surface area (Å²) in [4.78, 5) is 13.7. The zero-order chi connectivity index (χ0) is 18.9. The molecule has 4 rings (SSSR count). The van der Waals surface area contributed by atoms with Gasteiger partial charge in [-0.15, -0.1) is 0 Å². The van der Waals surface area contributed by atoms with Crippen LogP contribution in [0.5, 0.6) is 0 Å². The van der Waals surface area contributed by atoms with Crippen LogP contribution in [-0.4, -0.2) is 17.4 Å². The van der Waals surface area contributed by atoms with E-state index in [1.807, 2.05) is 79.0 Å². The third-order valence-electron chi connectivity index (χ3n) is 4.99. The van der Waals surface area contributed by atoms with Crippen molar-refractivity contribution in [1.29, 1.82) is 5.26 Å². The summed E-state index contributed by atoms with van der Waals surface area (Å²) >= 11 is 0. The quantitative estimate of drug-likeness (QED) is 0.521. The molecule has 1 aliphatic heterocycles. The lowest BCUT2D eigenvalue weighted by Gasteiger charge is -2.35. The number of hydrogen-bond acceptors (Lipinski definition) is 3. The highest BCUT2D eigenvalue weighted by molar-refractivity contribution is 7.79. The minimum Gasteiger partial charge on any atom is -0.313 e. The average molecular weight is 372 g/mol. The van der Waals surface area contributed by atoms with Crippen molar-refractivity contribution in [2.45, 2.75) is 5.66 Å². The Morgan fingerprint density at radius 1 is 0.852 bits per heavy atom. The zero-order valence-electron chi connectivity index (χ0n) is 14.5. The molecule has 1 amide bonds. The van der Waals surface area contributed by atoms with Gasteiger partial charge in [-0.3, -0.25) is 4.79 Å². The van der Waals surface area contributed by atoms with Crippen molar-refractivity contribution in [2.24, 2.45) is 0 Å². The minimum atomic E-state index is -3.15. The number of benzene rings is 3. The molecule has 0 N–H and O–H groups in total. The highest BCUT2D eigenvalue weighted by atomic mass is 31.2. The summed E-state index contributed by atoms with van der Waals surface area (Å²) in [6.07, 6.45) is 1.96. The summed E-state index contributed by atoms with van der Waals surface area (Å²) in [6, 6.07) is 25.9. The van der Waals surface area contributed by atoms with Crippen LogP contribution in [0.25, 0.3) is 0 Å². The van der Waals surface area contributed by atoms with Gasteiger partial charge >= 0.3 is 0 Å². The zero-order valence-corrected chi connectivity index (χ0v) is 15.4. The lowest BCUT2D eigenvalue weighted by atomic mass is 9.99. The Morgan fingerprint density at radius 2 is 1.37 bits per heavy atom. The van der Waals surface area contributed by atoms with Crippen molar-refractivity contribution in [3.8, 4) is 6.19 Å². The second-order valence-corrected chi connectivity index (χ2v) is 9.42. The van der Waals surface area contributed by atoms with Crippen LogP contribution in [0.15, 0.2) is 84.9 Å². The highest BCUT2D eigenvalue weighted by Gasteiger charge is 2.44. The molecule has 0 spiro atoms. The predicted octanol–water partition coefficient (Wildman–Crippen LogP) is 3.68. The fourth-order valence-corrected chi connectivity index (χ4v) is 6.95. The molecule has 27 heavy (non-hydrogen) atoms. The van der Waals surface area contributed by atoms with E-state index in [2.05, 4.69) is 0 Å². The first-order valence-corrected chi connectivity index (χ1v) is 10.5. The Kier molecular flexibility index (Phi) is 4.39. The van der Waals surface area contributed by atoms with E-state index in [9.17, 15) is 14.6 Å². The molecule has 1 heterocycles. The summed E-state index contributed by atoms with van der Waals surface area (Å²) in [5.41, 5.74) is 0.711. The van der Waals surface area contributed by atoms with Crippen LogP contribution in [0.1, 0.15) is 21.6 Å². The van der Waals surface area contributed by atoms with E-state index in [1.165, 1.54) is 0 Å². The summed E-state index contributed by atoms with van der Waals surface area (Å²) in [5, 5.41) is 10.9. The fourth-order valence-electron chi connectivity index (χ4n) is 3.69. The Balaban J connectivity index is 1.99. The van der Waals surface area contributed by atoms with Crippen LogP contribution < -0.4 is 10.6 Å². The van der Waals surface area contributed by atoms with Gasteiger partial charge in [-0.1, -0.05) is 78.9 Å².